The van der Waals surface area contributed by atoms with Gasteiger partial charge in [0.15, 0.2) is 11.6 Å². The maximum absolute atomic E-state index is 15.3. The van der Waals surface area contributed by atoms with Gasteiger partial charge in [-0.05, 0) is 42.9 Å². The zero-order chi connectivity index (χ0) is 25.2. The largest absolute Gasteiger partial charge is 0.390 e. The molecule has 2 aromatic rings. The standard InChI is InChI=1S/C27H34FN5O3/c1-18(34)31-13-8-21(9-14-31)30-26-25(28)22(6-11-29-26)27(36)33-15-10-23(24(35)17-33)32-12-7-19-4-2-3-5-20(19)16-32/h2-6,11,21,23-24,35H,7-10,12-17H2,1H3,(H,29,30)/t23-,24-/m0/s1. The number of nitrogens with one attached hydrogen (secondary N) is 1. The van der Waals surface area contributed by atoms with Gasteiger partial charge in [0.25, 0.3) is 5.91 Å². The summed E-state index contributed by atoms with van der Waals surface area (Å²) in [6.45, 7) is 5.10. The molecule has 36 heavy (non-hydrogen) atoms. The molecule has 8 nitrogen and oxygen atoms in total. The third kappa shape index (κ3) is 5.08. The van der Waals surface area contributed by atoms with E-state index in [1.165, 1.54) is 23.4 Å². The van der Waals surface area contributed by atoms with E-state index in [9.17, 15) is 14.7 Å². The van der Waals surface area contributed by atoms with Crippen molar-refractivity contribution in [2.24, 2.45) is 0 Å². The molecule has 2 amide bonds. The number of piperidine rings is 2. The van der Waals surface area contributed by atoms with Gasteiger partial charge in [-0.25, -0.2) is 9.37 Å². The molecule has 0 unspecified atom stereocenters. The predicted molar refractivity (Wildman–Crippen MR) is 134 cm³/mol. The number of hydrogen-bond acceptors (Lipinski definition) is 6. The maximum atomic E-state index is 15.3. The van der Waals surface area contributed by atoms with Gasteiger partial charge in [-0.2, -0.15) is 0 Å². The molecule has 0 spiro atoms. The molecular formula is C27H34FN5O3. The number of carbonyl (C=O) groups is 2. The number of carbonyl (C=O) groups excluding carboxylic acids is 2. The van der Waals surface area contributed by atoms with Crippen molar-refractivity contribution in [2.45, 2.75) is 57.3 Å². The van der Waals surface area contributed by atoms with Gasteiger partial charge in [-0.3, -0.25) is 14.5 Å². The van der Waals surface area contributed by atoms with Crippen LogP contribution in [0, 0.1) is 5.82 Å². The van der Waals surface area contributed by atoms with Crippen molar-refractivity contribution >= 4 is 17.6 Å². The fourth-order valence-corrected chi connectivity index (χ4v) is 5.74. The molecule has 192 valence electrons. The Hall–Kier alpha value is -3.04. The molecule has 2 fully saturated rings. The summed E-state index contributed by atoms with van der Waals surface area (Å²) in [6, 6.07) is 9.76. The Balaban J connectivity index is 1.20. The van der Waals surface area contributed by atoms with Crippen molar-refractivity contribution in [1.29, 1.82) is 0 Å². The Morgan fingerprint density at radius 3 is 2.47 bits per heavy atom. The molecule has 0 radical (unpaired) electrons. The molecule has 1 aromatic carbocycles. The number of nitrogens with zero attached hydrogens (tertiary/aromatic N) is 4. The molecule has 4 heterocycles. The van der Waals surface area contributed by atoms with Gasteiger partial charge in [0.2, 0.25) is 5.91 Å². The number of likely N-dealkylation sites (tertiary alicyclic amines) is 2. The van der Waals surface area contributed by atoms with Gasteiger partial charge >= 0.3 is 0 Å². The number of aliphatic hydroxyl groups excluding tert-OH is 1. The summed E-state index contributed by atoms with van der Waals surface area (Å²) >= 11 is 0. The summed E-state index contributed by atoms with van der Waals surface area (Å²) in [6.07, 6.45) is 3.73. The molecular weight excluding hydrogens is 461 g/mol. The minimum Gasteiger partial charge on any atom is -0.390 e. The average molecular weight is 496 g/mol. The van der Waals surface area contributed by atoms with Gasteiger partial charge in [0, 0.05) is 64.5 Å². The first kappa shape index (κ1) is 24.6. The van der Waals surface area contributed by atoms with Crippen molar-refractivity contribution in [3.8, 4) is 0 Å². The van der Waals surface area contributed by atoms with Gasteiger partial charge in [0.1, 0.15) is 0 Å². The van der Waals surface area contributed by atoms with Crippen LogP contribution in [0.1, 0.15) is 47.7 Å². The molecule has 3 aliphatic rings. The molecule has 0 bridgehead atoms. The number of rotatable bonds is 4. The van der Waals surface area contributed by atoms with E-state index in [0.29, 0.717) is 38.9 Å². The highest BCUT2D eigenvalue weighted by Crippen LogP contribution is 2.27. The molecule has 2 atom stereocenters. The fraction of sp³-hybridized carbons (Fsp3) is 0.519. The highest BCUT2D eigenvalue weighted by molar-refractivity contribution is 5.95. The molecule has 3 aliphatic heterocycles. The van der Waals surface area contributed by atoms with Gasteiger partial charge < -0.3 is 20.2 Å². The second-order valence-electron chi connectivity index (χ2n) is 10.1. The third-order valence-electron chi connectivity index (χ3n) is 7.86. The number of aliphatic hydroxyl groups is 1. The van der Waals surface area contributed by atoms with E-state index in [1.54, 1.807) is 16.7 Å². The van der Waals surface area contributed by atoms with Crippen molar-refractivity contribution < 1.29 is 19.1 Å². The lowest BCUT2D eigenvalue weighted by Crippen LogP contribution is -2.56. The summed E-state index contributed by atoms with van der Waals surface area (Å²) in [4.78, 5) is 34.5. The van der Waals surface area contributed by atoms with Crippen LogP contribution >= 0.6 is 0 Å². The van der Waals surface area contributed by atoms with Crippen molar-refractivity contribution in [2.75, 3.05) is 38.0 Å². The fourth-order valence-electron chi connectivity index (χ4n) is 5.74. The molecule has 5 rings (SSSR count). The lowest BCUT2D eigenvalue weighted by Gasteiger charge is -2.43. The molecule has 9 heteroatoms. The highest BCUT2D eigenvalue weighted by atomic mass is 19.1. The van der Waals surface area contributed by atoms with Gasteiger partial charge in [-0.1, -0.05) is 24.3 Å². The Bertz CT molecular complexity index is 1120. The lowest BCUT2D eigenvalue weighted by atomic mass is 9.94. The predicted octanol–water partition coefficient (Wildman–Crippen LogP) is 2.28. The Labute approximate surface area is 211 Å². The summed E-state index contributed by atoms with van der Waals surface area (Å²) in [5.74, 6) is -0.988. The van der Waals surface area contributed by atoms with Crippen molar-refractivity contribution in [3.63, 3.8) is 0 Å². The smallest absolute Gasteiger partial charge is 0.257 e. The second-order valence-corrected chi connectivity index (χ2v) is 10.1. The number of anilines is 1. The van der Waals surface area contributed by atoms with E-state index >= 15 is 4.39 Å². The number of halogens is 1. The number of benzene rings is 1. The summed E-state index contributed by atoms with van der Waals surface area (Å²) in [5.41, 5.74) is 2.62. The summed E-state index contributed by atoms with van der Waals surface area (Å²) in [7, 11) is 0. The molecule has 2 N–H and O–H groups in total. The minimum atomic E-state index is -0.693. The SMILES string of the molecule is CC(=O)N1CCC(Nc2nccc(C(=O)N3CC[C@H](N4CCc5ccccc5C4)[C@@H](O)C3)c2F)CC1. The maximum Gasteiger partial charge on any atom is 0.257 e. The Morgan fingerprint density at radius 2 is 1.75 bits per heavy atom. The van der Waals surface area contributed by atoms with Crippen LogP contribution in [-0.2, 0) is 17.8 Å². The number of β-amino-alcohol motifs (C(OH)–C–C–N with tert-alkyl or cyclic N) is 1. The first-order valence-corrected chi connectivity index (χ1v) is 12.9. The van der Waals surface area contributed by atoms with E-state index in [1.807, 2.05) is 6.07 Å². The zero-order valence-electron chi connectivity index (χ0n) is 20.7. The van der Waals surface area contributed by atoms with Crippen LogP contribution in [0.3, 0.4) is 0 Å². The molecule has 2 saturated heterocycles. The van der Waals surface area contributed by atoms with Crippen LogP contribution in [0.5, 0.6) is 0 Å². The van der Waals surface area contributed by atoms with Gasteiger partial charge in [0.05, 0.1) is 11.7 Å². The van der Waals surface area contributed by atoms with E-state index in [0.717, 1.165) is 19.5 Å². The molecule has 1 aromatic heterocycles. The number of amides is 2. The number of pyridine rings is 1. The van der Waals surface area contributed by atoms with E-state index in [2.05, 4.69) is 33.4 Å². The Morgan fingerprint density at radius 1 is 1.03 bits per heavy atom. The summed E-state index contributed by atoms with van der Waals surface area (Å²) in [5, 5.41) is 14.1. The number of fused-ring (bicyclic) bond motifs is 1. The molecule has 0 aliphatic carbocycles. The third-order valence-corrected chi connectivity index (χ3v) is 7.86. The van der Waals surface area contributed by atoms with E-state index in [-0.39, 0.29) is 35.9 Å². The van der Waals surface area contributed by atoms with Crippen LogP contribution in [0.25, 0.3) is 0 Å². The normalized spacial score (nSPS) is 23.3. The van der Waals surface area contributed by atoms with Crippen LogP contribution in [-0.4, -0.2) is 87.5 Å². The second kappa shape index (κ2) is 10.5. The topological polar surface area (TPSA) is 89.0 Å². The first-order valence-electron chi connectivity index (χ1n) is 12.9. The van der Waals surface area contributed by atoms with E-state index in [4.69, 9.17) is 0 Å². The number of hydrogen-bond donors (Lipinski definition) is 2. The first-order chi connectivity index (χ1) is 17.4. The van der Waals surface area contributed by atoms with Crippen LogP contribution in [0.4, 0.5) is 10.2 Å². The van der Waals surface area contributed by atoms with Crippen molar-refractivity contribution in [1.82, 2.24) is 19.7 Å². The summed E-state index contributed by atoms with van der Waals surface area (Å²) < 4.78 is 15.3. The van der Waals surface area contributed by atoms with Crippen LogP contribution in [0.15, 0.2) is 36.5 Å². The lowest BCUT2D eigenvalue weighted by molar-refractivity contribution is -0.129. The van der Waals surface area contributed by atoms with Gasteiger partial charge in [-0.15, -0.1) is 0 Å². The quantitative estimate of drug-likeness (QED) is 0.677. The van der Waals surface area contributed by atoms with E-state index < -0.39 is 17.8 Å². The average Bonchev–Trinajstić information content (AvgIpc) is 2.89. The Kier molecular flexibility index (Phi) is 7.20. The number of aromatic nitrogens is 1. The highest BCUT2D eigenvalue weighted by Gasteiger charge is 2.36. The minimum absolute atomic E-state index is 0.0137. The molecule has 0 saturated carbocycles. The monoisotopic (exact) mass is 495 g/mol. The van der Waals surface area contributed by atoms with Crippen LogP contribution < -0.4 is 5.32 Å². The van der Waals surface area contributed by atoms with Crippen molar-refractivity contribution in [3.05, 3.63) is 59.0 Å². The zero-order valence-corrected chi connectivity index (χ0v) is 20.7. The van der Waals surface area contributed by atoms with Crippen LogP contribution in [0.2, 0.25) is 0 Å².